The summed E-state index contributed by atoms with van der Waals surface area (Å²) in [6.07, 6.45) is 4.51. The summed E-state index contributed by atoms with van der Waals surface area (Å²) < 4.78 is 1.42. The van der Waals surface area contributed by atoms with Crippen LogP contribution in [0.2, 0.25) is 0 Å². The molecule has 0 unspecified atom stereocenters. The van der Waals surface area contributed by atoms with Gasteiger partial charge in [-0.1, -0.05) is 0 Å². The van der Waals surface area contributed by atoms with E-state index < -0.39 is 5.97 Å². The molecule has 0 radical (unpaired) electrons. The third-order valence-electron chi connectivity index (χ3n) is 1.51. The quantitative estimate of drug-likeness (QED) is 0.661. The first-order valence-electron chi connectivity index (χ1n) is 3.30. The number of hydrogen-bond donors (Lipinski definition) is 1. The van der Waals surface area contributed by atoms with Crippen LogP contribution in [0.25, 0.3) is 5.65 Å². The van der Waals surface area contributed by atoms with Crippen molar-refractivity contribution in [2.45, 2.75) is 0 Å². The van der Waals surface area contributed by atoms with Crippen LogP contribution in [0, 0.1) is 0 Å². The van der Waals surface area contributed by atoms with Crippen LogP contribution in [-0.2, 0) is 0 Å². The van der Waals surface area contributed by atoms with E-state index in [0.717, 1.165) is 0 Å². The Kier molecular flexibility index (Phi) is 1.30. The zero-order valence-electron chi connectivity index (χ0n) is 6.01. The van der Waals surface area contributed by atoms with Crippen molar-refractivity contribution in [2.24, 2.45) is 0 Å². The number of carboxylic acid groups (broad SMARTS) is 1. The summed E-state index contributed by atoms with van der Waals surface area (Å²) in [7, 11) is 0. The fraction of sp³-hybridized carbons (Fsp3) is 0. The minimum Gasteiger partial charge on any atom is -0.475 e. The molecule has 0 bridgehead atoms. The molecule has 60 valence electrons. The molecule has 5 heteroatoms. The van der Waals surface area contributed by atoms with Gasteiger partial charge in [-0.15, -0.1) is 0 Å². The minimum atomic E-state index is -1.06. The van der Waals surface area contributed by atoms with Gasteiger partial charge < -0.3 is 5.11 Å². The minimum absolute atomic E-state index is 0.0231. The van der Waals surface area contributed by atoms with Gasteiger partial charge in [-0.3, -0.25) is 4.40 Å². The fourth-order valence-electron chi connectivity index (χ4n) is 1.01. The Morgan fingerprint density at radius 1 is 1.42 bits per heavy atom. The molecule has 0 amide bonds. The van der Waals surface area contributed by atoms with E-state index in [9.17, 15) is 4.79 Å². The standard InChI is InChI=1S/C7H5N3O2/c11-7(12)6-9-2-1-5-8-3-4-10(5)6/h1-4H,(H,11,12). The molecular formula is C7H5N3O2. The van der Waals surface area contributed by atoms with E-state index in [4.69, 9.17) is 5.11 Å². The van der Waals surface area contributed by atoms with Crippen LogP contribution in [0.1, 0.15) is 10.6 Å². The molecule has 0 aromatic carbocycles. The number of fused-ring (bicyclic) bond motifs is 1. The van der Waals surface area contributed by atoms with E-state index in [0.29, 0.717) is 5.65 Å². The van der Waals surface area contributed by atoms with Gasteiger partial charge in [0, 0.05) is 18.6 Å². The molecule has 1 N–H and O–H groups in total. The molecule has 0 aliphatic heterocycles. The monoisotopic (exact) mass is 163 g/mol. The van der Waals surface area contributed by atoms with E-state index in [1.54, 1.807) is 12.3 Å². The number of nitrogens with zero attached hydrogens (tertiary/aromatic N) is 3. The van der Waals surface area contributed by atoms with Gasteiger partial charge in [-0.2, -0.15) is 0 Å². The third kappa shape index (κ3) is 0.833. The lowest BCUT2D eigenvalue weighted by Crippen LogP contribution is -2.06. The van der Waals surface area contributed by atoms with Gasteiger partial charge >= 0.3 is 5.97 Å². The van der Waals surface area contributed by atoms with E-state index in [1.165, 1.54) is 16.8 Å². The number of imidazole rings is 1. The molecule has 0 spiro atoms. The predicted octanol–water partition coefficient (Wildman–Crippen LogP) is 0.427. The second-order valence-electron chi connectivity index (χ2n) is 2.23. The van der Waals surface area contributed by atoms with E-state index in [1.807, 2.05) is 0 Å². The van der Waals surface area contributed by atoms with E-state index in [-0.39, 0.29) is 5.82 Å². The van der Waals surface area contributed by atoms with Crippen molar-refractivity contribution in [1.82, 2.24) is 14.4 Å². The molecule has 2 aromatic heterocycles. The molecule has 0 saturated heterocycles. The molecule has 0 aliphatic rings. The highest BCUT2D eigenvalue weighted by molar-refractivity contribution is 5.84. The highest BCUT2D eigenvalue weighted by Crippen LogP contribution is 2.01. The van der Waals surface area contributed by atoms with Crippen LogP contribution in [0.4, 0.5) is 0 Å². The Balaban J connectivity index is 2.82. The van der Waals surface area contributed by atoms with Crippen molar-refractivity contribution in [3.05, 3.63) is 30.5 Å². The van der Waals surface area contributed by atoms with Gasteiger partial charge in [0.25, 0.3) is 0 Å². The Hall–Kier alpha value is -1.91. The zero-order chi connectivity index (χ0) is 8.55. The predicted molar refractivity (Wildman–Crippen MR) is 39.9 cm³/mol. The summed E-state index contributed by atoms with van der Waals surface area (Å²) in [5.41, 5.74) is 0.586. The summed E-state index contributed by atoms with van der Waals surface area (Å²) in [6, 6.07) is 1.65. The van der Waals surface area contributed by atoms with Crippen LogP contribution in [0.3, 0.4) is 0 Å². The fourth-order valence-corrected chi connectivity index (χ4v) is 1.01. The van der Waals surface area contributed by atoms with E-state index >= 15 is 0 Å². The average Bonchev–Trinajstić information content (AvgIpc) is 2.49. The van der Waals surface area contributed by atoms with Crippen LogP contribution in [-0.4, -0.2) is 25.4 Å². The van der Waals surface area contributed by atoms with Gasteiger partial charge in [-0.05, 0) is 6.07 Å². The van der Waals surface area contributed by atoms with Crippen molar-refractivity contribution >= 4 is 11.6 Å². The topological polar surface area (TPSA) is 67.5 Å². The molecule has 0 fully saturated rings. The Bertz CT molecular complexity index is 435. The van der Waals surface area contributed by atoms with Crippen molar-refractivity contribution in [3.8, 4) is 0 Å². The maximum absolute atomic E-state index is 10.6. The zero-order valence-corrected chi connectivity index (χ0v) is 6.01. The maximum Gasteiger partial charge on any atom is 0.372 e. The Morgan fingerprint density at radius 3 is 3.00 bits per heavy atom. The van der Waals surface area contributed by atoms with Crippen molar-refractivity contribution in [2.75, 3.05) is 0 Å². The number of hydrogen-bond acceptors (Lipinski definition) is 3. The highest BCUT2D eigenvalue weighted by atomic mass is 16.4. The number of carbonyl (C=O) groups is 1. The molecule has 2 rings (SSSR count). The van der Waals surface area contributed by atoms with Gasteiger partial charge in [0.15, 0.2) is 0 Å². The molecule has 0 atom stereocenters. The van der Waals surface area contributed by atoms with Crippen LogP contribution in [0.5, 0.6) is 0 Å². The normalized spacial score (nSPS) is 10.3. The first-order chi connectivity index (χ1) is 5.79. The van der Waals surface area contributed by atoms with Crippen LogP contribution >= 0.6 is 0 Å². The molecule has 12 heavy (non-hydrogen) atoms. The molecular weight excluding hydrogens is 158 g/mol. The van der Waals surface area contributed by atoms with Gasteiger partial charge in [0.1, 0.15) is 5.65 Å². The summed E-state index contributed by atoms with van der Waals surface area (Å²) >= 11 is 0. The van der Waals surface area contributed by atoms with Crippen LogP contribution in [0.15, 0.2) is 24.7 Å². The first-order valence-corrected chi connectivity index (χ1v) is 3.30. The Morgan fingerprint density at radius 2 is 2.25 bits per heavy atom. The summed E-state index contributed by atoms with van der Waals surface area (Å²) in [4.78, 5) is 18.2. The summed E-state index contributed by atoms with van der Waals surface area (Å²) in [6.45, 7) is 0. The van der Waals surface area contributed by atoms with Crippen LogP contribution < -0.4 is 0 Å². The smallest absolute Gasteiger partial charge is 0.372 e. The van der Waals surface area contributed by atoms with Gasteiger partial charge in [0.05, 0.1) is 0 Å². The number of carboxylic acids is 1. The van der Waals surface area contributed by atoms with Crippen molar-refractivity contribution < 1.29 is 9.90 Å². The lowest BCUT2D eigenvalue weighted by Gasteiger charge is -1.96. The summed E-state index contributed by atoms with van der Waals surface area (Å²) in [5, 5.41) is 8.69. The lowest BCUT2D eigenvalue weighted by molar-refractivity contribution is 0.0681. The first kappa shape index (κ1) is 6.78. The number of aromatic nitrogens is 3. The highest BCUT2D eigenvalue weighted by Gasteiger charge is 2.08. The Labute approximate surface area is 67.3 Å². The van der Waals surface area contributed by atoms with Crippen molar-refractivity contribution in [1.29, 1.82) is 0 Å². The number of rotatable bonds is 1. The lowest BCUT2D eigenvalue weighted by atomic mass is 10.5. The molecule has 2 aromatic rings. The molecule has 2 heterocycles. The number of aromatic carboxylic acids is 1. The molecule has 0 saturated carbocycles. The summed E-state index contributed by atoms with van der Waals surface area (Å²) in [5.74, 6) is -1.08. The third-order valence-corrected chi connectivity index (χ3v) is 1.51. The second-order valence-corrected chi connectivity index (χ2v) is 2.23. The molecule has 0 aliphatic carbocycles. The van der Waals surface area contributed by atoms with Gasteiger partial charge in [0.2, 0.25) is 5.82 Å². The van der Waals surface area contributed by atoms with Crippen molar-refractivity contribution in [3.63, 3.8) is 0 Å². The molecule has 5 nitrogen and oxygen atoms in total. The average molecular weight is 163 g/mol. The SMILES string of the molecule is O=C(O)c1nccc2nccn12. The van der Waals surface area contributed by atoms with E-state index in [2.05, 4.69) is 9.97 Å². The second kappa shape index (κ2) is 2.30. The maximum atomic E-state index is 10.6. The largest absolute Gasteiger partial charge is 0.475 e. The van der Waals surface area contributed by atoms with Gasteiger partial charge in [-0.25, -0.2) is 14.8 Å².